The monoisotopic (exact) mass is 363 g/mol. The summed E-state index contributed by atoms with van der Waals surface area (Å²) in [5.74, 6) is 0.0941. The molecule has 0 radical (unpaired) electrons. The molecule has 104 valence electrons. The van der Waals surface area contributed by atoms with Crippen LogP contribution in [0.3, 0.4) is 0 Å². The normalized spacial score (nSPS) is 9.11. The van der Waals surface area contributed by atoms with E-state index in [4.69, 9.17) is 63.7 Å². The Bertz CT molecular complexity index is 502. The second kappa shape index (κ2) is 8.44. The molecule has 2 N–H and O–H groups in total. The maximum atomic E-state index is 5.38. The molecule has 0 unspecified atom stereocenters. The summed E-state index contributed by atoms with van der Waals surface area (Å²) in [6.45, 7) is 0. The van der Waals surface area contributed by atoms with Crippen LogP contribution in [0.5, 0.6) is 0 Å². The van der Waals surface area contributed by atoms with Gasteiger partial charge in [-0.05, 0) is 23.2 Å². The second-order valence-corrected chi connectivity index (χ2v) is 4.17. The van der Waals surface area contributed by atoms with E-state index in [1.54, 1.807) is 0 Å². The molecule has 0 atom stereocenters. The van der Waals surface area contributed by atoms with Crippen LogP contribution in [0.4, 0.5) is 5.82 Å². The summed E-state index contributed by atoms with van der Waals surface area (Å²) >= 11 is 26.7. The van der Waals surface area contributed by atoms with Crippen LogP contribution in [0.2, 0.25) is 26.0 Å². The van der Waals surface area contributed by atoms with Gasteiger partial charge in [-0.25, -0.2) is 4.98 Å². The molecule has 0 saturated heterocycles. The lowest BCUT2D eigenvalue weighted by atomic mass is 10.8. The van der Waals surface area contributed by atoms with Gasteiger partial charge in [0.1, 0.15) is 0 Å². The van der Waals surface area contributed by atoms with Crippen molar-refractivity contribution in [3.63, 3.8) is 0 Å². The van der Waals surface area contributed by atoms with Crippen molar-refractivity contribution in [2.75, 3.05) is 5.73 Å². The van der Waals surface area contributed by atoms with E-state index < -0.39 is 0 Å². The number of hydrogen-bond acceptors (Lipinski definition) is 7. The Balaban J connectivity index is 0.000000324. The van der Waals surface area contributed by atoms with Crippen molar-refractivity contribution in [3.8, 4) is 0 Å². The van der Waals surface area contributed by atoms with E-state index in [9.17, 15) is 0 Å². The number of rotatable bonds is 0. The van der Waals surface area contributed by atoms with Crippen LogP contribution >= 0.6 is 58.0 Å². The predicted molar refractivity (Wildman–Crippen MR) is 75.8 cm³/mol. The molecule has 7 nitrogen and oxygen atoms in total. The lowest BCUT2D eigenvalue weighted by Crippen LogP contribution is -1.96. The summed E-state index contributed by atoms with van der Waals surface area (Å²) in [7, 11) is 0. The summed E-state index contributed by atoms with van der Waals surface area (Å²) in [5, 5.41) is 13.6. The molecule has 12 heteroatoms. The van der Waals surface area contributed by atoms with Gasteiger partial charge < -0.3 is 5.73 Å². The fraction of sp³-hybridized carbons (Fsp3) is 0.143. The minimum atomic E-state index is -0.00981. The standard InChI is InChI=1S/C3Cl3N3.C3H2Cl2N4.CH4/c4-1-2(5)8-9-3(6)7-1;4-1-2(6)7-3(5)9-8-1;/h;(H2,6,7,9);1H4. The number of nitrogens with zero attached hydrogens (tertiary/aromatic N) is 6. The zero-order chi connectivity index (χ0) is 13.7. The smallest absolute Gasteiger partial charge is 0.245 e. The Morgan fingerprint density at radius 1 is 0.632 bits per heavy atom. The van der Waals surface area contributed by atoms with Crippen molar-refractivity contribution < 1.29 is 0 Å². The summed E-state index contributed by atoms with van der Waals surface area (Å²) in [6.07, 6.45) is 0. The Kier molecular flexibility index (Phi) is 8.12. The topological polar surface area (TPSA) is 103 Å². The van der Waals surface area contributed by atoms with E-state index >= 15 is 0 Å². The van der Waals surface area contributed by atoms with Crippen LogP contribution in [-0.2, 0) is 0 Å². The van der Waals surface area contributed by atoms with Gasteiger partial charge in [0.25, 0.3) is 0 Å². The van der Waals surface area contributed by atoms with Gasteiger partial charge in [0.15, 0.2) is 21.3 Å². The van der Waals surface area contributed by atoms with E-state index in [0.29, 0.717) is 0 Å². The lowest BCUT2D eigenvalue weighted by Gasteiger charge is -1.91. The first-order chi connectivity index (χ1) is 8.40. The number of nitrogen functional groups attached to an aromatic ring is 1. The Labute approximate surface area is 133 Å². The highest BCUT2D eigenvalue weighted by Gasteiger charge is 2.00. The van der Waals surface area contributed by atoms with Gasteiger partial charge in [0, 0.05) is 0 Å². The van der Waals surface area contributed by atoms with Gasteiger partial charge in [-0.2, -0.15) is 4.98 Å². The molecular weight excluding hydrogens is 359 g/mol. The first kappa shape index (κ1) is 18.3. The van der Waals surface area contributed by atoms with Gasteiger partial charge >= 0.3 is 0 Å². The van der Waals surface area contributed by atoms with Crippen molar-refractivity contribution in [2.45, 2.75) is 7.43 Å². The van der Waals surface area contributed by atoms with Crippen LogP contribution in [0.1, 0.15) is 7.43 Å². The summed E-state index contributed by atoms with van der Waals surface area (Å²) in [4.78, 5) is 7.01. The van der Waals surface area contributed by atoms with Crippen molar-refractivity contribution in [2.24, 2.45) is 0 Å². The van der Waals surface area contributed by atoms with E-state index in [-0.39, 0.29) is 39.3 Å². The average Bonchev–Trinajstić information content (AvgIpc) is 2.30. The fourth-order valence-corrected chi connectivity index (χ4v) is 1.15. The van der Waals surface area contributed by atoms with Crippen molar-refractivity contribution in [1.29, 1.82) is 0 Å². The SMILES string of the molecule is C.Clc1nnc(Cl)c(Cl)n1.Nc1nc(Cl)nnc1Cl. The van der Waals surface area contributed by atoms with Crippen LogP contribution in [0.15, 0.2) is 0 Å². The first-order valence-electron chi connectivity index (χ1n) is 3.92. The highest BCUT2D eigenvalue weighted by molar-refractivity contribution is 6.40. The molecule has 0 spiro atoms. The number of halogens is 5. The van der Waals surface area contributed by atoms with E-state index in [0.717, 1.165) is 0 Å². The zero-order valence-electron chi connectivity index (χ0n) is 8.15. The minimum absolute atomic E-state index is 0. The van der Waals surface area contributed by atoms with Gasteiger partial charge in [0.2, 0.25) is 10.6 Å². The average molecular weight is 365 g/mol. The maximum Gasteiger partial charge on any atom is 0.245 e. The van der Waals surface area contributed by atoms with Gasteiger partial charge in [-0.1, -0.05) is 42.2 Å². The molecule has 2 heterocycles. The third-order valence-electron chi connectivity index (χ3n) is 1.23. The fourth-order valence-electron chi connectivity index (χ4n) is 0.580. The van der Waals surface area contributed by atoms with Crippen LogP contribution in [0.25, 0.3) is 0 Å². The molecule has 0 fully saturated rings. The third-order valence-corrected chi connectivity index (χ3v) is 2.43. The minimum Gasteiger partial charge on any atom is -0.381 e. The quantitative estimate of drug-likeness (QED) is 0.764. The maximum absolute atomic E-state index is 5.38. The molecule has 2 aromatic rings. The molecule has 0 aliphatic heterocycles. The molecule has 0 aliphatic rings. The zero-order valence-corrected chi connectivity index (χ0v) is 11.9. The van der Waals surface area contributed by atoms with Crippen LogP contribution in [0, 0.1) is 0 Å². The molecule has 0 bridgehead atoms. The summed E-state index contributed by atoms with van der Waals surface area (Å²) < 4.78 is 0. The third kappa shape index (κ3) is 6.31. The molecule has 0 amide bonds. The molecular formula is C7H6Cl5N7. The molecule has 2 rings (SSSR count). The Morgan fingerprint density at radius 3 is 1.47 bits per heavy atom. The van der Waals surface area contributed by atoms with E-state index in [2.05, 4.69) is 30.4 Å². The van der Waals surface area contributed by atoms with Crippen molar-refractivity contribution >= 4 is 63.8 Å². The second-order valence-electron chi connectivity index (χ2n) is 2.42. The predicted octanol–water partition coefficient (Wildman–Crippen LogP) is 3.23. The largest absolute Gasteiger partial charge is 0.381 e. The lowest BCUT2D eigenvalue weighted by molar-refractivity contribution is 0.971. The van der Waals surface area contributed by atoms with Crippen LogP contribution in [-0.4, -0.2) is 30.4 Å². The molecule has 0 saturated carbocycles. The van der Waals surface area contributed by atoms with E-state index in [1.165, 1.54) is 0 Å². The number of aromatic nitrogens is 6. The molecule has 0 aliphatic carbocycles. The van der Waals surface area contributed by atoms with Crippen molar-refractivity contribution in [1.82, 2.24) is 30.4 Å². The first-order valence-corrected chi connectivity index (χ1v) is 5.81. The number of nitrogens with two attached hydrogens (primary N) is 1. The molecule has 19 heavy (non-hydrogen) atoms. The molecule has 0 aromatic carbocycles. The van der Waals surface area contributed by atoms with Crippen LogP contribution < -0.4 is 5.73 Å². The molecule has 2 aromatic heterocycles. The Morgan fingerprint density at radius 2 is 1.11 bits per heavy atom. The number of hydrogen-bond donors (Lipinski definition) is 1. The van der Waals surface area contributed by atoms with Gasteiger partial charge in [0.05, 0.1) is 0 Å². The van der Waals surface area contributed by atoms with E-state index in [1.807, 2.05) is 0 Å². The van der Waals surface area contributed by atoms with Crippen molar-refractivity contribution in [3.05, 3.63) is 26.0 Å². The highest BCUT2D eigenvalue weighted by atomic mass is 35.5. The van der Waals surface area contributed by atoms with Gasteiger partial charge in [-0.3, -0.25) is 0 Å². The van der Waals surface area contributed by atoms with Gasteiger partial charge in [-0.15, -0.1) is 20.4 Å². The summed E-state index contributed by atoms with van der Waals surface area (Å²) in [6, 6.07) is 0. The highest BCUT2D eigenvalue weighted by Crippen LogP contribution is 2.15. The number of anilines is 1. The Hall–Kier alpha value is -0.730. The summed E-state index contributed by atoms with van der Waals surface area (Å²) in [5.41, 5.74) is 5.19.